The molecule has 1 aromatic rings. The molecule has 16 heavy (non-hydrogen) atoms. The van der Waals surface area contributed by atoms with Gasteiger partial charge in [0.15, 0.2) is 0 Å². The number of carbonyl (C=O) groups is 1. The first kappa shape index (κ1) is 11.0. The van der Waals surface area contributed by atoms with E-state index < -0.39 is 5.60 Å². The molecule has 4 nitrogen and oxygen atoms in total. The predicted molar refractivity (Wildman–Crippen MR) is 59.6 cm³/mol. The maximum absolute atomic E-state index is 11.8. The van der Waals surface area contributed by atoms with E-state index in [2.05, 4.69) is 0 Å². The minimum atomic E-state index is -0.626. The molecule has 0 aromatic heterocycles. The highest BCUT2D eigenvalue weighted by molar-refractivity contribution is 5.93. The van der Waals surface area contributed by atoms with Crippen LogP contribution in [0, 0.1) is 0 Å². The van der Waals surface area contributed by atoms with Crippen molar-refractivity contribution in [1.82, 2.24) is 0 Å². The van der Waals surface area contributed by atoms with Crippen molar-refractivity contribution in [2.24, 2.45) is 5.73 Å². The van der Waals surface area contributed by atoms with E-state index in [-0.39, 0.29) is 5.97 Å². The topological polar surface area (TPSA) is 61.6 Å². The van der Waals surface area contributed by atoms with Gasteiger partial charge < -0.3 is 15.2 Å². The fourth-order valence-electron chi connectivity index (χ4n) is 1.93. The molecule has 1 aliphatic heterocycles. The molecule has 1 heterocycles. The second kappa shape index (κ2) is 3.79. The van der Waals surface area contributed by atoms with E-state index >= 15 is 0 Å². The molecule has 2 rings (SSSR count). The van der Waals surface area contributed by atoms with Crippen molar-refractivity contribution in [3.05, 3.63) is 29.3 Å². The van der Waals surface area contributed by atoms with Crippen molar-refractivity contribution in [3.8, 4) is 5.75 Å². The molecule has 1 unspecified atom stereocenters. The van der Waals surface area contributed by atoms with Crippen LogP contribution in [-0.2, 0) is 11.2 Å². The summed E-state index contributed by atoms with van der Waals surface area (Å²) in [7, 11) is 1.59. The number of fused-ring (bicyclic) bond motifs is 1. The molecule has 0 bridgehead atoms. The van der Waals surface area contributed by atoms with Crippen LogP contribution in [-0.4, -0.2) is 25.2 Å². The Morgan fingerprint density at radius 3 is 2.94 bits per heavy atom. The Balaban J connectivity index is 2.51. The van der Waals surface area contributed by atoms with Crippen molar-refractivity contribution in [2.45, 2.75) is 18.9 Å². The zero-order valence-corrected chi connectivity index (χ0v) is 9.45. The maximum Gasteiger partial charge on any atom is 0.339 e. The molecule has 0 amide bonds. The number of benzene rings is 1. The molecule has 0 radical (unpaired) electrons. The van der Waals surface area contributed by atoms with Gasteiger partial charge in [-0.1, -0.05) is 6.07 Å². The molecule has 0 fully saturated rings. The zero-order chi connectivity index (χ0) is 11.8. The second-order valence-electron chi connectivity index (χ2n) is 4.21. The fraction of sp³-hybridized carbons (Fsp3) is 0.417. The summed E-state index contributed by atoms with van der Waals surface area (Å²) in [4.78, 5) is 11.8. The summed E-state index contributed by atoms with van der Waals surface area (Å²) < 4.78 is 10.6. The van der Waals surface area contributed by atoms with Crippen LogP contribution in [0.4, 0.5) is 0 Å². The molecule has 86 valence electrons. The molecule has 0 saturated carbocycles. The minimum Gasteiger partial charge on any atom is -0.496 e. The van der Waals surface area contributed by atoms with Crippen LogP contribution in [0.3, 0.4) is 0 Å². The van der Waals surface area contributed by atoms with Gasteiger partial charge in [-0.2, -0.15) is 0 Å². The highest BCUT2D eigenvalue weighted by Gasteiger charge is 2.36. The molecule has 4 heteroatoms. The highest BCUT2D eigenvalue weighted by atomic mass is 16.6. The number of ether oxygens (including phenoxy) is 2. The first-order chi connectivity index (χ1) is 7.59. The van der Waals surface area contributed by atoms with Crippen molar-refractivity contribution in [2.75, 3.05) is 13.7 Å². The van der Waals surface area contributed by atoms with Gasteiger partial charge in [-0.3, -0.25) is 0 Å². The molecule has 0 saturated heterocycles. The largest absolute Gasteiger partial charge is 0.496 e. The minimum absolute atomic E-state index is 0.302. The Kier molecular flexibility index (Phi) is 2.59. The summed E-state index contributed by atoms with van der Waals surface area (Å²) in [6.45, 7) is 2.14. The van der Waals surface area contributed by atoms with Gasteiger partial charge in [0.2, 0.25) is 0 Å². The van der Waals surface area contributed by atoms with Gasteiger partial charge in [0, 0.05) is 18.5 Å². The third kappa shape index (κ3) is 1.65. The van der Waals surface area contributed by atoms with Gasteiger partial charge in [0.05, 0.1) is 12.7 Å². The lowest BCUT2D eigenvalue weighted by Crippen LogP contribution is -2.45. The summed E-state index contributed by atoms with van der Waals surface area (Å²) in [5.41, 5.74) is 6.46. The number of cyclic esters (lactones) is 1. The quantitative estimate of drug-likeness (QED) is 0.760. The molecule has 2 N–H and O–H groups in total. The molecule has 0 aliphatic carbocycles. The SMILES string of the molecule is COc1cccc2c1CC(C)(CN)OC2=O. The van der Waals surface area contributed by atoms with Crippen molar-refractivity contribution >= 4 is 5.97 Å². The van der Waals surface area contributed by atoms with E-state index in [4.69, 9.17) is 15.2 Å². The van der Waals surface area contributed by atoms with Crippen molar-refractivity contribution < 1.29 is 14.3 Å². The summed E-state index contributed by atoms with van der Waals surface area (Å²) >= 11 is 0. The Bertz CT molecular complexity index is 430. The van der Waals surface area contributed by atoms with E-state index in [0.717, 1.165) is 5.56 Å². The van der Waals surface area contributed by atoms with Gasteiger partial charge in [0.1, 0.15) is 11.4 Å². The number of rotatable bonds is 2. The Hall–Kier alpha value is -1.55. The summed E-state index contributed by atoms with van der Waals surface area (Å²) in [6.07, 6.45) is 0.592. The average molecular weight is 221 g/mol. The number of hydrogen-bond acceptors (Lipinski definition) is 4. The van der Waals surface area contributed by atoms with Crippen molar-refractivity contribution in [1.29, 1.82) is 0 Å². The lowest BCUT2D eigenvalue weighted by molar-refractivity contribution is -0.0114. The lowest BCUT2D eigenvalue weighted by atomic mass is 9.89. The maximum atomic E-state index is 11.8. The van der Waals surface area contributed by atoms with E-state index in [1.54, 1.807) is 19.2 Å². The molecule has 1 aliphatic rings. The fourth-order valence-corrected chi connectivity index (χ4v) is 1.93. The van der Waals surface area contributed by atoms with Crippen LogP contribution >= 0.6 is 0 Å². The smallest absolute Gasteiger partial charge is 0.339 e. The molecule has 1 aromatic carbocycles. The summed E-state index contributed by atoms with van der Waals surface area (Å²) in [5, 5.41) is 0. The normalized spacial score (nSPS) is 23.6. The summed E-state index contributed by atoms with van der Waals surface area (Å²) in [6, 6.07) is 5.37. The Morgan fingerprint density at radius 1 is 1.56 bits per heavy atom. The van der Waals surface area contributed by atoms with Crippen LogP contribution < -0.4 is 10.5 Å². The number of carbonyl (C=O) groups excluding carboxylic acids is 1. The second-order valence-corrected chi connectivity index (χ2v) is 4.21. The van der Waals surface area contributed by atoms with Crippen LogP contribution in [0.1, 0.15) is 22.8 Å². The molecule has 0 spiro atoms. The standard InChI is InChI=1S/C12H15NO3/c1-12(7-13)6-9-8(11(14)16-12)4-3-5-10(9)15-2/h3-5H,6-7,13H2,1-2H3. The number of hydrogen-bond donors (Lipinski definition) is 1. The monoisotopic (exact) mass is 221 g/mol. The summed E-state index contributed by atoms with van der Waals surface area (Å²) in [5.74, 6) is 0.391. The number of methoxy groups -OCH3 is 1. The van der Waals surface area contributed by atoms with Crippen LogP contribution in [0.15, 0.2) is 18.2 Å². The van der Waals surface area contributed by atoms with Crippen LogP contribution in [0.5, 0.6) is 5.75 Å². The number of esters is 1. The van der Waals surface area contributed by atoms with E-state index in [0.29, 0.717) is 24.3 Å². The van der Waals surface area contributed by atoms with Gasteiger partial charge in [-0.25, -0.2) is 4.79 Å². The van der Waals surface area contributed by atoms with E-state index in [9.17, 15) is 4.79 Å². The van der Waals surface area contributed by atoms with Crippen molar-refractivity contribution in [3.63, 3.8) is 0 Å². The lowest BCUT2D eigenvalue weighted by Gasteiger charge is -2.33. The van der Waals surface area contributed by atoms with Crippen LogP contribution in [0.2, 0.25) is 0 Å². The van der Waals surface area contributed by atoms with E-state index in [1.165, 1.54) is 0 Å². The molecule has 1 atom stereocenters. The Morgan fingerprint density at radius 2 is 2.31 bits per heavy atom. The predicted octanol–water partition coefficient (Wildman–Crippen LogP) is 1.13. The Labute approximate surface area is 94.3 Å². The number of nitrogens with two attached hydrogens (primary N) is 1. The third-order valence-corrected chi connectivity index (χ3v) is 2.89. The van der Waals surface area contributed by atoms with E-state index in [1.807, 2.05) is 13.0 Å². The molecular formula is C12H15NO3. The van der Waals surface area contributed by atoms with Crippen LogP contribution in [0.25, 0.3) is 0 Å². The van der Waals surface area contributed by atoms with Gasteiger partial charge >= 0.3 is 5.97 Å². The highest BCUT2D eigenvalue weighted by Crippen LogP contribution is 2.33. The van der Waals surface area contributed by atoms with Gasteiger partial charge in [-0.05, 0) is 19.1 Å². The van der Waals surface area contributed by atoms with Gasteiger partial charge in [0.25, 0.3) is 0 Å². The zero-order valence-electron chi connectivity index (χ0n) is 9.45. The third-order valence-electron chi connectivity index (χ3n) is 2.89. The molecular weight excluding hydrogens is 206 g/mol. The average Bonchev–Trinajstić information content (AvgIpc) is 2.28. The first-order valence-electron chi connectivity index (χ1n) is 5.19. The first-order valence-corrected chi connectivity index (χ1v) is 5.19. The van der Waals surface area contributed by atoms with Gasteiger partial charge in [-0.15, -0.1) is 0 Å².